The quantitative estimate of drug-likeness (QED) is 0.696. The van der Waals surface area contributed by atoms with E-state index in [-0.39, 0.29) is 17.4 Å². The number of amides is 2. The largest absolute Gasteiger partial charge is 0.360 e. The standard InChI is InChI=1S/C19H18ClN5O3/c1-11-10-15(24-28-11)22-19(27)17-23-16(14-4-2-3-9-25(14)17)18(26)21-13-7-5-12(20)6-8-13/h5-8,10H,2-4,9H2,1H3,(H,21,26)(H,22,24,27). The van der Waals surface area contributed by atoms with E-state index in [1.807, 2.05) is 4.57 Å². The van der Waals surface area contributed by atoms with Gasteiger partial charge in [0.1, 0.15) is 5.76 Å². The molecular weight excluding hydrogens is 382 g/mol. The summed E-state index contributed by atoms with van der Waals surface area (Å²) in [4.78, 5) is 29.9. The van der Waals surface area contributed by atoms with Crippen LogP contribution in [0.2, 0.25) is 5.02 Å². The molecule has 0 unspecified atom stereocenters. The fourth-order valence-corrected chi connectivity index (χ4v) is 3.35. The number of rotatable bonds is 4. The lowest BCUT2D eigenvalue weighted by Crippen LogP contribution is -2.21. The number of carbonyl (C=O) groups excluding carboxylic acids is 2. The highest BCUT2D eigenvalue weighted by Crippen LogP contribution is 2.23. The highest BCUT2D eigenvalue weighted by atomic mass is 35.5. The molecule has 0 aliphatic carbocycles. The Morgan fingerprint density at radius 1 is 1.14 bits per heavy atom. The van der Waals surface area contributed by atoms with Crippen LogP contribution in [0.25, 0.3) is 0 Å². The first kappa shape index (κ1) is 18.2. The number of benzene rings is 1. The lowest BCUT2D eigenvalue weighted by molar-refractivity contribution is 0.101. The van der Waals surface area contributed by atoms with Crippen LogP contribution < -0.4 is 10.6 Å². The molecular formula is C19H18ClN5O3. The Kier molecular flexibility index (Phi) is 4.87. The molecule has 9 heteroatoms. The fraction of sp³-hybridized carbons (Fsp3) is 0.263. The van der Waals surface area contributed by atoms with Crippen molar-refractivity contribution >= 4 is 34.9 Å². The fourth-order valence-electron chi connectivity index (χ4n) is 3.22. The Morgan fingerprint density at radius 3 is 2.64 bits per heavy atom. The molecule has 0 fully saturated rings. The molecule has 0 saturated heterocycles. The predicted molar refractivity (Wildman–Crippen MR) is 104 cm³/mol. The van der Waals surface area contributed by atoms with E-state index >= 15 is 0 Å². The third-order valence-electron chi connectivity index (χ3n) is 4.51. The summed E-state index contributed by atoms with van der Waals surface area (Å²) in [6.07, 6.45) is 2.55. The van der Waals surface area contributed by atoms with Gasteiger partial charge in [-0.05, 0) is 50.5 Å². The van der Waals surface area contributed by atoms with Crippen molar-refractivity contribution in [2.75, 3.05) is 10.6 Å². The Labute approximate surface area is 165 Å². The zero-order chi connectivity index (χ0) is 19.7. The molecule has 1 aliphatic heterocycles. The summed E-state index contributed by atoms with van der Waals surface area (Å²) in [6.45, 7) is 2.37. The molecule has 144 valence electrons. The molecule has 1 aromatic carbocycles. The second-order valence-corrected chi connectivity index (χ2v) is 7.01. The summed E-state index contributed by atoms with van der Waals surface area (Å²) in [5.41, 5.74) is 1.63. The van der Waals surface area contributed by atoms with E-state index in [1.54, 1.807) is 37.3 Å². The van der Waals surface area contributed by atoms with Crippen molar-refractivity contribution < 1.29 is 14.1 Å². The number of nitrogens with zero attached hydrogens (tertiary/aromatic N) is 3. The van der Waals surface area contributed by atoms with Gasteiger partial charge in [-0.15, -0.1) is 0 Å². The highest BCUT2D eigenvalue weighted by molar-refractivity contribution is 6.30. The molecule has 0 atom stereocenters. The molecule has 0 spiro atoms. The molecule has 3 aromatic rings. The highest BCUT2D eigenvalue weighted by Gasteiger charge is 2.28. The number of fused-ring (bicyclic) bond motifs is 1. The van der Waals surface area contributed by atoms with Crippen LogP contribution in [0, 0.1) is 6.92 Å². The van der Waals surface area contributed by atoms with Gasteiger partial charge in [-0.25, -0.2) is 4.98 Å². The molecule has 3 heterocycles. The number of carbonyl (C=O) groups is 2. The molecule has 4 rings (SSSR count). The number of nitrogens with one attached hydrogen (secondary N) is 2. The zero-order valence-electron chi connectivity index (χ0n) is 15.2. The van der Waals surface area contributed by atoms with Crippen LogP contribution in [0.15, 0.2) is 34.9 Å². The minimum Gasteiger partial charge on any atom is -0.360 e. The third kappa shape index (κ3) is 3.63. The number of anilines is 2. The van der Waals surface area contributed by atoms with Gasteiger partial charge in [0.2, 0.25) is 0 Å². The van der Waals surface area contributed by atoms with E-state index < -0.39 is 5.91 Å². The van der Waals surface area contributed by atoms with Crippen molar-refractivity contribution in [3.63, 3.8) is 0 Å². The lowest BCUT2D eigenvalue weighted by Gasteiger charge is -2.16. The first-order chi connectivity index (χ1) is 13.5. The maximum atomic E-state index is 12.8. The van der Waals surface area contributed by atoms with Crippen molar-refractivity contribution in [3.8, 4) is 0 Å². The first-order valence-corrected chi connectivity index (χ1v) is 9.30. The Hall–Kier alpha value is -3.13. The van der Waals surface area contributed by atoms with Crippen LogP contribution in [-0.4, -0.2) is 26.5 Å². The van der Waals surface area contributed by atoms with Crippen LogP contribution in [0.4, 0.5) is 11.5 Å². The van der Waals surface area contributed by atoms with E-state index in [1.165, 1.54) is 0 Å². The van der Waals surface area contributed by atoms with Crippen molar-refractivity contribution in [1.82, 2.24) is 14.7 Å². The molecule has 2 aromatic heterocycles. The smallest absolute Gasteiger partial charge is 0.292 e. The van der Waals surface area contributed by atoms with Gasteiger partial charge in [-0.1, -0.05) is 16.8 Å². The molecule has 8 nitrogen and oxygen atoms in total. The summed E-state index contributed by atoms with van der Waals surface area (Å²) in [7, 11) is 0. The summed E-state index contributed by atoms with van der Waals surface area (Å²) in [5.74, 6) is 0.300. The SMILES string of the molecule is Cc1cc(NC(=O)c2nc(C(=O)Nc3ccc(Cl)cc3)c3n2CCCC3)no1. The van der Waals surface area contributed by atoms with E-state index in [0.29, 0.717) is 35.3 Å². The van der Waals surface area contributed by atoms with Crippen LogP contribution in [0.3, 0.4) is 0 Å². The summed E-state index contributed by atoms with van der Waals surface area (Å²) in [6, 6.07) is 8.43. The number of imidazole rings is 1. The van der Waals surface area contributed by atoms with Crippen molar-refractivity contribution in [2.45, 2.75) is 32.7 Å². The van der Waals surface area contributed by atoms with Gasteiger partial charge in [-0.3, -0.25) is 9.59 Å². The maximum absolute atomic E-state index is 12.8. The Morgan fingerprint density at radius 2 is 1.93 bits per heavy atom. The normalized spacial score (nSPS) is 13.1. The minimum atomic E-state index is -0.429. The van der Waals surface area contributed by atoms with Gasteiger partial charge in [-0.2, -0.15) is 0 Å². The summed E-state index contributed by atoms with van der Waals surface area (Å²) >= 11 is 5.88. The van der Waals surface area contributed by atoms with Crippen molar-refractivity contribution in [2.24, 2.45) is 0 Å². The van der Waals surface area contributed by atoms with Gasteiger partial charge in [0, 0.05) is 23.3 Å². The minimum absolute atomic E-state index is 0.191. The van der Waals surface area contributed by atoms with Gasteiger partial charge >= 0.3 is 0 Å². The summed E-state index contributed by atoms with van der Waals surface area (Å²) in [5, 5.41) is 9.82. The second-order valence-electron chi connectivity index (χ2n) is 6.58. The summed E-state index contributed by atoms with van der Waals surface area (Å²) < 4.78 is 6.77. The molecule has 0 bridgehead atoms. The van der Waals surface area contributed by atoms with Crippen LogP contribution in [-0.2, 0) is 13.0 Å². The van der Waals surface area contributed by atoms with Crippen LogP contribution >= 0.6 is 11.6 Å². The molecule has 1 aliphatic rings. The number of aryl methyl sites for hydroxylation is 1. The number of halogens is 1. The topological polar surface area (TPSA) is 102 Å². The van der Waals surface area contributed by atoms with Gasteiger partial charge < -0.3 is 19.7 Å². The van der Waals surface area contributed by atoms with Gasteiger partial charge in [0.15, 0.2) is 17.3 Å². The molecule has 0 saturated carbocycles. The van der Waals surface area contributed by atoms with Crippen molar-refractivity contribution in [3.05, 3.63) is 58.3 Å². The third-order valence-corrected chi connectivity index (χ3v) is 4.76. The molecule has 2 amide bonds. The van der Waals surface area contributed by atoms with Crippen LogP contribution in [0.1, 0.15) is 45.4 Å². The number of hydrogen-bond donors (Lipinski definition) is 2. The van der Waals surface area contributed by atoms with Crippen molar-refractivity contribution in [1.29, 1.82) is 0 Å². The number of hydrogen-bond acceptors (Lipinski definition) is 5. The Balaban J connectivity index is 1.61. The first-order valence-electron chi connectivity index (χ1n) is 8.92. The van der Waals surface area contributed by atoms with E-state index in [4.69, 9.17) is 16.1 Å². The monoisotopic (exact) mass is 399 g/mol. The predicted octanol–water partition coefficient (Wildman–Crippen LogP) is 3.67. The Bertz CT molecular complexity index is 1040. The average molecular weight is 400 g/mol. The van der Waals surface area contributed by atoms with Crippen LogP contribution in [0.5, 0.6) is 0 Å². The van der Waals surface area contributed by atoms with E-state index in [2.05, 4.69) is 20.8 Å². The van der Waals surface area contributed by atoms with E-state index in [0.717, 1.165) is 18.5 Å². The average Bonchev–Trinajstić information content (AvgIpc) is 3.27. The van der Waals surface area contributed by atoms with Gasteiger partial charge in [0.25, 0.3) is 11.8 Å². The lowest BCUT2D eigenvalue weighted by atomic mass is 10.1. The van der Waals surface area contributed by atoms with E-state index in [9.17, 15) is 9.59 Å². The molecule has 0 radical (unpaired) electrons. The second kappa shape index (κ2) is 7.47. The molecule has 28 heavy (non-hydrogen) atoms. The zero-order valence-corrected chi connectivity index (χ0v) is 15.9. The van der Waals surface area contributed by atoms with Gasteiger partial charge in [0.05, 0.1) is 5.69 Å². The number of aromatic nitrogens is 3. The maximum Gasteiger partial charge on any atom is 0.292 e. The molecule has 2 N–H and O–H groups in total.